The van der Waals surface area contributed by atoms with Crippen LogP contribution < -0.4 is 4.90 Å². The number of hydrogen-bond donors (Lipinski definition) is 0. The minimum absolute atomic E-state index is 0.176. The van der Waals surface area contributed by atoms with E-state index in [9.17, 15) is 26.4 Å². The van der Waals surface area contributed by atoms with E-state index in [1.165, 1.54) is 18.1 Å². The molecule has 2 heterocycles. The summed E-state index contributed by atoms with van der Waals surface area (Å²) in [5.41, 5.74) is -0.445. The summed E-state index contributed by atoms with van der Waals surface area (Å²) < 4.78 is 72.6. The van der Waals surface area contributed by atoms with E-state index in [0.717, 1.165) is 23.9 Å². The van der Waals surface area contributed by atoms with Crippen molar-refractivity contribution >= 4 is 21.6 Å². The summed E-state index contributed by atoms with van der Waals surface area (Å²) in [6, 6.07) is 4.77. The number of anilines is 1. The van der Waals surface area contributed by atoms with Crippen LogP contribution in [-0.2, 0) is 32.6 Å². The highest BCUT2D eigenvalue weighted by Crippen LogP contribution is 2.38. The molecular weight excluding hydrogens is 411 g/mol. The minimum Gasteiger partial charge on any atom is -0.467 e. The Balaban J connectivity index is 2.03. The van der Waals surface area contributed by atoms with Gasteiger partial charge < -0.3 is 9.64 Å². The number of methoxy groups -OCH3 is 1. The van der Waals surface area contributed by atoms with E-state index in [1.807, 2.05) is 0 Å². The second kappa shape index (κ2) is 7.36. The minimum atomic E-state index is -4.82. The average molecular weight is 431 g/mol. The zero-order valence-corrected chi connectivity index (χ0v) is 16.8. The summed E-state index contributed by atoms with van der Waals surface area (Å²) in [4.78, 5) is 12.9. The van der Waals surface area contributed by atoms with E-state index in [-0.39, 0.29) is 13.0 Å². The summed E-state index contributed by atoms with van der Waals surface area (Å²) in [7, 11) is -1.51. The topological polar surface area (TPSA) is 81.5 Å². The van der Waals surface area contributed by atoms with Crippen LogP contribution >= 0.6 is 0 Å². The fourth-order valence-electron chi connectivity index (χ4n) is 3.45. The molecule has 0 bridgehead atoms. The molecule has 1 aliphatic rings. The van der Waals surface area contributed by atoms with E-state index in [2.05, 4.69) is 5.10 Å². The quantitative estimate of drug-likeness (QED) is 0.692. The van der Waals surface area contributed by atoms with Crippen molar-refractivity contribution in [2.24, 2.45) is 7.05 Å². The van der Waals surface area contributed by atoms with Gasteiger partial charge >= 0.3 is 12.1 Å². The summed E-state index contributed by atoms with van der Waals surface area (Å²) in [6.45, 7) is 1.61. The van der Waals surface area contributed by atoms with Gasteiger partial charge in [-0.15, -0.1) is 0 Å². The zero-order chi connectivity index (χ0) is 21.6. The number of ether oxygens (including phenoxy) is 1. The first-order valence-electron chi connectivity index (χ1n) is 8.72. The normalized spacial score (nSPS) is 20.1. The van der Waals surface area contributed by atoms with Gasteiger partial charge in [-0.25, -0.2) is 13.2 Å². The van der Waals surface area contributed by atoms with Gasteiger partial charge in [-0.05, 0) is 25.5 Å². The molecule has 0 saturated carbocycles. The second-order valence-corrected chi connectivity index (χ2v) is 9.05. The van der Waals surface area contributed by atoms with E-state index in [4.69, 9.17) is 4.74 Å². The maximum Gasteiger partial charge on any atom is 0.417 e. The van der Waals surface area contributed by atoms with Gasteiger partial charge in [-0.1, -0.05) is 12.1 Å². The maximum atomic E-state index is 13.4. The van der Waals surface area contributed by atoms with Crippen LogP contribution in [0.3, 0.4) is 0 Å². The van der Waals surface area contributed by atoms with Crippen molar-refractivity contribution in [2.45, 2.75) is 35.7 Å². The van der Waals surface area contributed by atoms with E-state index >= 15 is 0 Å². The van der Waals surface area contributed by atoms with Crippen molar-refractivity contribution in [1.29, 1.82) is 0 Å². The Kier molecular flexibility index (Phi) is 5.37. The second-order valence-electron chi connectivity index (χ2n) is 6.86. The molecule has 158 valence electrons. The molecule has 7 nitrogen and oxygen atoms in total. The Morgan fingerprint density at radius 1 is 1.28 bits per heavy atom. The van der Waals surface area contributed by atoms with Crippen molar-refractivity contribution in [3.63, 3.8) is 0 Å². The van der Waals surface area contributed by atoms with Gasteiger partial charge in [0.05, 0.1) is 22.8 Å². The molecule has 0 spiro atoms. The number of aromatic nitrogens is 2. The number of carbonyl (C=O) groups is 1. The third-order valence-electron chi connectivity index (χ3n) is 5.07. The number of halogens is 3. The molecule has 1 aliphatic heterocycles. The molecule has 29 heavy (non-hydrogen) atoms. The predicted molar refractivity (Wildman–Crippen MR) is 98.1 cm³/mol. The van der Waals surface area contributed by atoms with Crippen molar-refractivity contribution < 1.29 is 31.1 Å². The Morgan fingerprint density at radius 2 is 1.93 bits per heavy atom. The first-order valence-corrected chi connectivity index (χ1v) is 10.3. The number of rotatable bonds is 4. The largest absolute Gasteiger partial charge is 0.467 e. The van der Waals surface area contributed by atoms with Crippen molar-refractivity contribution in [3.8, 4) is 0 Å². The van der Waals surface area contributed by atoms with Gasteiger partial charge in [0.15, 0.2) is 15.7 Å². The number of nitrogens with zero attached hydrogens (tertiary/aromatic N) is 3. The molecular formula is C18H20F3N3O4S. The molecule has 0 aliphatic carbocycles. The van der Waals surface area contributed by atoms with Crippen LogP contribution in [-0.4, -0.2) is 49.1 Å². The molecule has 1 saturated heterocycles. The number of aryl methyl sites for hydroxylation is 2. The monoisotopic (exact) mass is 431 g/mol. The lowest BCUT2D eigenvalue weighted by Gasteiger charge is -2.21. The van der Waals surface area contributed by atoms with E-state index < -0.39 is 43.7 Å². The molecule has 1 aromatic heterocycles. The molecule has 2 aromatic rings. The first-order chi connectivity index (χ1) is 13.5. The molecule has 1 fully saturated rings. The summed E-state index contributed by atoms with van der Waals surface area (Å²) in [6.07, 6.45) is -5.02. The number of carbonyl (C=O) groups excluding carboxylic acids is 1. The highest BCUT2D eigenvalue weighted by Gasteiger charge is 2.47. The fraction of sp³-hybridized carbons (Fsp3) is 0.444. The summed E-state index contributed by atoms with van der Waals surface area (Å²) in [5.74, 6) is -0.308. The van der Waals surface area contributed by atoms with Gasteiger partial charge in [0.1, 0.15) is 6.04 Å². The number of hydrogen-bond acceptors (Lipinski definition) is 6. The van der Waals surface area contributed by atoms with Gasteiger partial charge in [-0.3, -0.25) is 4.68 Å². The first kappa shape index (κ1) is 21.2. The van der Waals surface area contributed by atoms with Crippen LogP contribution in [0, 0.1) is 6.92 Å². The van der Waals surface area contributed by atoms with Crippen molar-refractivity contribution in [2.75, 3.05) is 18.6 Å². The molecule has 11 heteroatoms. The Hall–Kier alpha value is -2.56. The van der Waals surface area contributed by atoms with Crippen LogP contribution in [0.25, 0.3) is 0 Å². The Morgan fingerprint density at radius 3 is 2.48 bits per heavy atom. The van der Waals surface area contributed by atoms with Crippen LogP contribution in [0.15, 0.2) is 35.2 Å². The number of alkyl halides is 3. The van der Waals surface area contributed by atoms with Gasteiger partial charge in [0.2, 0.25) is 0 Å². The molecule has 1 unspecified atom stereocenters. The Labute approximate surface area is 166 Å². The smallest absolute Gasteiger partial charge is 0.417 e. The predicted octanol–water partition coefficient (Wildman–Crippen LogP) is 2.34. The zero-order valence-electron chi connectivity index (χ0n) is 16.0. The van der Waals surface area contributed by atoms with Crippen molar-refractivity contribution in [3.05, 3.63) is 41.6 Å². The van der Waals surface area contributed by atoms with Gasteiger partial charge in [-0.2, -0.15) is 18.3 Å². The standard InChI is InChI=1S/C18H20F3N3O4S/c1-11-8-16(22-23(11)2)24-10-12(9-14(24)17(25)28-3)29(26,27)15-7-5-4-6-13(15)18(19,20)21/h4-8,12,14H,9-10H2,1-3H3/t12-,14?/m1/s1. The lowest BCUT2D eigenvalue weighted by molar-refractivity contribution is -0.142. The third kappa shape index (κ3) is 3.83. The lowest BCUT2D eigenvalue weighted by Crippen LogP contribution is -2.37. The number of sulfone groups is 1. The van der Waals surface area contributed by atoms with E-state index in [1.54, 1.807) is 24.7 Å². The summed E-state index contributed by atoms with van der Waals surface area (Å²) in [5, 5.41) is 3.04. The lowest BCUT2D eigenvalue weighted by atomic mass is 10.2. The molecule has 0 N–H and O–H groups in total. The Bertz CT molecular complexity index is 1010. The van der Waals surface area contributed by atoms with Crippen LogP contribution in [0.2, 0.25) is 0 Å². The molecule has 2 atom stereocenters. The highest BCUT2D eigenvalue weighted by molar-refractivity contribution is 7.92. The van der Waals surface area contributed by atoms with Gasteiger partial charge in [0.25, 0.3) is 0 Å². The van der Waals surface area contributed by atoms with Gasteiger partial charge in [0, 0.05) is 25.4 Å². The molecule has 3 rings (SSSR count). The SMILES string of the molecule is COC(=O)C1C[C@@H](S(=O)(=O)c2ccccc2C(F)(F)F)CN1c1cc(C)n(C)n1. The molecule has 0 radical (unpaired) electrons. The van der Waals surface area contributed by atoms with Crippen LogP contribution in [0.1, 0.15) is 17.7 Å². The molecule has 1 aromatic carbocycles. The van der Waals surface area contributed by atoms with Crippen LogP contribution in [0.4, 0.5) is 19.0 Å². The maximum absolute atomic E-state index is 13.4. The molecule has 0 amide bonds. The average Bonchev–Trinajstić information content (AvgIpc) is 3.25. The number of benzene rings is 1. The highest BCUT2D eigenvalue weighted by atomic mass is 32.2. The van der Waals surface area contributed by atoms with E-state index in [0.29, 0.717) is 5.82 Å². The van der Waals surface area contributed by atoms with Crippen LogP contribution in [0.5, 0.6) is 0 Å². The summed E-state index contributed by atoms with van der Waals surface area (Å²) >= 11 is 0. The fourth-order valence-corrected chi connectivity index (χ4v) is 5.36. The van der Waals surface area contributed by atoms with Crippen molar-refractivity contribution in [1.82, 2.24) is 9.78 Å². The third-order valence-corrected chi connectivity index (χ3v) is 7.26. The number of esters is 1.